The zero-order valence-corrected chi connectivity index (χ0v) is 14.7. The summed E-state index contributed by atoms with van der Waals surface area (Å²) in [5.41, 5.74) is 3.84. The molecule has 120 valence electrons. The predicted molar refractivity (Wildman–Crippen MR) is 96.5 cm³/mol. The third-order valence-corrected chi connectivity index (χ3v) is 4.87. The number of hydrogen-bond donors (Lipinski definition) is 1. The number of anilines is 1. The molecule has 2 heterocycles. The van der Waals surface area contributed by atoms with Gasteiger partial charge in [-0.1, -0.05) is 32.0 Å². The van der Waals surface area contributed by atoms with Gasteiger partial charge in [0.1, 0.15) is 5.69 Å². The van der Waals surface area contributed by atoms with Gasteiger partial charge in [0.05, 0.1) is 5.69 Å². The highest BCUT2D eigenvalue weighted by atomic mass is 32.1. The first-order valence-corrected chi connectivity index (χ1v) is 8.75. The summed E-state index contributed by atoms with van der Waals surface area (Å²) in [5.74, 6) is 0.269. The molecule has 23 heavy (non-hydrogen) atoms. The quantitative estimate of drug-likeness (QED) is 0.748. The molecule has 4 nitrogen and oxygen atoms in total. The SMILES string of the molecule is CCn1c(C(=O)Nc2nc(C(C)C)cs2)c(C)c2ccccc21. The number of rotatable bonds is 4. The molecule has 0 aliphatic rings. The molecule has 0 saturated carbocycles. The summed E-state index contributed by atoms with van der Waals surface area (Å²) in [6.45, 7) is 9.01. The Bertz CT molecular complexity index is 860. The highest BCUT2D eigenvalue weighted by molar-refractivity contribution is 7.14. The molecule has 0 unspecified atom stereocenters. The Balaban J connectivity index is 1.98. The van der Waals surface area contributed by atoms with Crippen LogP contribution in [-0.2, 0) is 6.54 Å². The smallest absolute Gasteiger partial charge is 0.274 e. The van der Waals surface area contributed by atoms with Gasteiger partial charge in [-0.05, 0) is 31.4 Å². The van der Waals surface area contributed by atoms with E-state index in [2.05, 4.69) is 47.8 Å². The van der Waals surface area contributed by atoms with Gasteiger partial charge in [0.25, 0.3) is 5.91 Å². The van der Waals surface area contributed by atoms with Crippen molar-refractivity contribution < 1.29 is 4.79 Å². The Kier molecular flexibility index (Phi) is 4.22. The van der Waals surface area contributed by atoms with Gasteiger partial charge in [-0.15, -0.1) is 11.3 Å². The number of fused-ring (bicyclic) bond motifs is 1. The van der Waals surface area contributed by atoms with Gasteiger partial charge < -0.3 is 4.57 Å². The van der Waals surface area contributed by atoms with E-state index in [0.717, 1.165) is 34.4 Å². The first-order valence-electron chi connectivity index (χ1n) is 7.87. The third-order valence-electron chi connectivity index (χ3n) is 4.09. The Morgan fingerprint density at radius 3 is 2.74 bits per heavy atom. The van der Waals surface area contributed by atoms with E-state index in [1.807, 2.05) is 24.4 Å². The van der Waals surface area contributed by atoms with E-state index in [-0.39, 0.29) is 5.91 Å². The molecule has 0 spiro atoms. The molecule has 0 aliphatic carbocycles. The molecule has 5 heteroatoms. The fourth-order valence-electron chi connectivity index (χ4n) is 2.86. The minimum Gasteiger partial charge on any atom is -0.337 e. The van der Waals surface area contributed by atoms with E-state index in [1.54, 1.807) is 0 Å². The van der Waals surface area contributed by atoms with E-state index >= 15 is 0 Å². The van der Waals surface area contributed by atoms with Crippen LogP contribution in [0.15, 0.2) is 29.6 Å². The van der Waals surface area contributed by atoms with Crippen molar-refractivity contribution in [1.29, 1.82) is 0 Å². The monoisotopic (exact) mass is 327 g/mol. The lowest BCUT2D eigenvalue weighted by Crippen LogP contribution is -2.17. The van der Waals surface area contributed by atoms with Gasteiger partial charge in [0, 0.05) is 22.8 Å². The van der Waals surface area contributed by atoms with Crippen LogP contribution < -0.4 is 5.32 Å². The molecule has 0 saturated heterocycles. The number of thiazole rings is 1. The number of carbonyl (C=O) groups is 1. The number of nitrogens with one attached hydrogen (secondary N) is 1. The van der Waals surface area contributed by atoms with Crippen LogP contribution in [0, 0.1) is 6.92 Å². The second-order valence-electron chi connectivity index (χ2n) is 5.92. The van der Waals surface area contributed by atoms with E-state index in [4.69, 9.17) is 0 Å². The van der Waals surface area contributed by atoms with E-state index < -0.39 is 0 Å². The van der Waals surface area contributed by atoms with Crippen molar-refractivity contribution >= 4 is 33.3 Å². The number of carbonyl (C=O) groups excluding carboxylic acids is 1. The molecule has 0 fully saturated rings. The van der Waals surface area contributed by atoms with Crippen molar-refractivity contribution in [2.24, 2.45) is 0 Å². The van der Waals surface area contributed by atoms with Gasteiger partial charge in [-0.25, -0.2) is 4.98 Å². The number of amides is 1. The van der Waals surface area contributed by atoms with Crippen LogP contribution in [0.4, 0.5) is 5.13 Å². The summed E-state index contributed by atoms with van der Waals surface area (Å²) < 4.78 is 2.07. The van der Waals surface area contributed by atoms with E-state index in [1.165, 1.54) is 11.3 Å². The summed E-state index contributed by atoms with van der Waals surface area (Å²) in [6, 6.07) is 8.13. The fourth-order valence-corrected chi connectivity index (χ4v) is 3.73. The maximum atomic E-state index is 12.8. The van der Waals surface area contributed by atoms with Gasteiger partial charge in [0.15, 0.2) is 5.13 Å². The first-order chi connectivity index (χ1) is 11.0. The van der Waals surface area contributed by atoms with Crippen molar-refractivity contribution in [2.45, 2.75) is 40.2 Å². The highest BCUT2D eigenvalue weighted by Crippen LogP contribution is 2.27. The lowest BCUT2D eigenvalue weighted by atomic mass is 10.1. The molecular weight excluding hydrogens is 306 g/mol. The zero-order valence-electron chi connectivity index (χ0n) is 13.9. The zero-order chi connectivity index (χ0) is 16.6. The summed E-state index contributed by atoms with van der Waals surface area (Å²) in [7, 11) is 0. The average Bonchev–Trinajstić information content (AvgIpc) is 3.10. The maximum Gasteiger partial charge on any atom is 0.274 e. The van der Waals surface area contributed by atoms with Crippen LogP contribution in [0.3, 0.4) is 0 Å². The van der Waals surface area contributed by atoms with Gasteiger partial charge in [0.2, 0.25) is 0 Å². The standard InChI is InChI=1S/C18H21N3OS/c1-5-21-15-9-7-6-8-13(15)12(4)16(21)17(22)20-18-19-14(10-23-18)11(2)3/h6-11H,5H2,1-4H3,(H,19,20,22). The van der Waals surface area contributed by atoms with E-state index in [9.17, 15) is 4.79 Å². The second-order valence-corrected chi connectivity index (χ2v) is 6.78. The Labute approximate surface area is 140 Å². The van der Waals surface area contributed by atoms with Crippen molar-refractivity contribution in [3.63, 3.8) is 0 Å². The Hall–Kier alpha value is -2.14. The van der Waals surface area contributed by atoms with Crippen LogP contribution in [0.2, 0.25) is 0 Å². The number of para-hydroxylation sites is 1. The first kappa shape index (κ1) is 15.7. The fraction of sp³-hybridized carbons (Fsp3) is 0.333. The van der Waals surface area contributed by atoms with Crippen LogP contribution in [0.25, 0.3) is 10.9 Å². The van der Waals surface area contributed by atoms with Crippen LogP contribution in [-0.4, -0.2) is 15.5 Å². The predicted octanol–water partition coefficient (Wildman–Crippen LogP) is 4.80. The Morgan fingerprint density at radius 2 is 2.09 bits per heavy atom. The molecule has 3 rings (SSSR count). The topological polar surface area (TPSA) is 46.9 Å². The van der Waals surface area contributed by atoms with Crippen molar-refractivity contribution in [3.05, 3.63) is 46.6 Å². The maximum absolute atomic E-state index is 12.8. The minimum absolute atomic E-state index is 0.0924. The normalized spacial score (nSPS) is 11.3. The number of aryl methyl sites for hydroxylation is 2. The molecule has 0 bridgehead atoms. The molecule has 1 aromatic carbocycles. The Morgan fingerprint density at radius 1 is 1.35 bits per heavy atom. The number of nitrogens with zero attached hydrogens (tertiary/aromatic N) is 2. The summed E-state index contributed by atoms with van der Waals surface area (Å²) >= 11 is 1.47. The summed E-state index contributed by atoms with van der Waals surface area (Å²) in [6.07, 6.45) is 0. The minimum atomic E-state index is -0.0924. The number of hydrogen-bond acceptors (Lipinski definition) is 3. The lowest BCUT2D eigenvalue weighted by molar-refractivity contribution is 0.101. The molecule has 2 aromatic heterocycles. The van der Waals surface area contributed by atoms with Crippen molar-refractivity contribution in [2.75, 3.05) is 5.32 Å². The van der Waals surface area contributed by atoms with Gasteiger partial charge in [-0.3, -0.25) is 10.1 Å². The third kappa shape index (κ3) is 2.77. The van der Waals surface area contributed by atoms with Crippen LogP contribution in [0.5, 0.6) is 0 Å². The average molecular weight is 327 g/mol. The highest BCUT2D eigenvalue weighted by Gasteiger charge is 2.20. The van der Waals surface area contributed by atoms with Gasteiger partial charge in [-0.2, -0.15) is 0 Å². The molecular formula is C18H21N3OS. The molecule has 0 radical (unpaired) electrons. The molecule has 3 aromatic rings. The van der Waals surface area contributed by atoms with Crippen LogP contribution in [0.1, 0.15) is 48.4 Å². The largest absolute Gasteiger partial charge is 0.337 e. The molecule has 1 amide bonds. The van der Waals surface area contributed by atoms with Gasteiger partial charge >= 0.3 is 0 Å². The molecule has 0 atom stereocenters. The summed E-state index contributed by atoms with van der Waals surface area (Å²) in [4.78, 5) is 17.3. The van der Waals surface area contributed by atoms with E-state index in [0.29, 0.717) is 11.0 Å². The summed E-state index contributed by atoms with van der Waals surface area (Å²) in [5, 5.41) is 6.74. The van der Waals surface area contributed by atoms with Crippen molar-refractivity contribution in [3.8, 4) is 0 Å². The number of aromatic nitrogens is 2. The molecule has 0 aliphatic heterocycles. The molecule has 1 N–H and O–H groups in total. The second kappa shape index (κ2) is 6.16. The van der Waals surface area contributed by atoms with Crippen molar-refractivity contribution in [1.82, 2.24) is 9.55 Å². The lowest BCUT2D eigenvalue weighted by Gasteiger charge is -2.08. The number of benzene rings is 1. The van der Waals surface area contributed by atoms with Crippen LogP contribution >= 0.6 is 11.3 Å².